The summed E-state index contributed by atoms with van der Waals surface area (Å²) in [7, 11) is 0. The molecule has 1 aromatic carbocycles. The third kappa shape index (κ3) is 3.25. The number of halogens is 3. The molecule has 0 heterocycles. The van der Waals surface area contributed by atoms with E-state index in [9.17, 15) is 5.11 Å². The fourth-order valence-corrected chi connectivity index (χ4v) is 1.93. The SMILES string of the molecule is CC(C)(CO)[C@@H](N)c1c(Cl)cccc1Cl.Cl. The molecule has 0 unspecified atom stereocenters. The lowest BCUT2D eigenvalue weighted by Gasteiger charge is -2.30. The Bertz CT molecular complexity index is 335. The number of benzene rings is 1. The van der Waals surface area contributed by atoms with E-state index in [1.54, 1.807) is 18.2 Å². The zero-order valence-electron chi connectivity index (χ0n) is 9.21. The molecule has 0 aliphatic heterocycles. The van der Waals surface area contributed by atoms with Gasteiger partial charge in [-0.15, -0.1) is 12.4 Å². The average Bonchev–Trinajstić information content (AvgIpc) is 2.17. The largest absolute Gasteiger partial charge is 0.396 e. The molecular formula is C11H16Cl3NO. The predicted molar refractivity (Wildman–Crippen MR) is 71.5 cm³/mol. The summed E-state index contributed by atoms with van der Waals surface area (Å²) in [5.41, 5.74) is 6.30. The van der Waals surface area contributed by atoms with Gasteiger partial charge in [-0.1, -0.05) is 43.1 Å². The lowest BCUT2D eigenvalue weighted by atomic mass is 9.82. The Hall–Kier alpha value is 0.01000. The molecule has 5 heteroatoms. The molecule has 0 saturated carbocycles. The van der Waals surface area contributed by atoms with E-state index < -0.39 is 5.41 Å². The lowest BCUT2D eigenvalue weighted by molar-refractivity contribution is 0.132. The number of rotatable bonds is 3. The zero-order valence-corrected chi connectivity index (χ0v) is 11.5. The van der Waals surface area contributed by atoms with Crippen LogP contribution in [-0.4, -0.2) is 11.7 Å². The highest BCUT2D eigenvalue weighted by Gasteiger charge is 2.29. The van der Waals surface area contributed by atoms with Gasteiger partial charge in [-0.3, -0.25) is 0 Å². The van der Waals surface area contributed by atoms with Gasteiger partial charge in [-0.2, -0.15) is 0 Å². The Morgan fingerprint density at radius 2 is 1.75 bits per heavy atom. The number of aliphatic hydroxyl groups excluding tert-OH is 1. The van der Waals surface area contributed by atoms with Crippen molar-refractivity contribution in [2.45, 2.75) is 19.9 Å². The molecule has 0 aliphatic rings. The molecule has 1 aromatic rings. The summed E-state index contributed by atoms with van der Waals surface area (Å²) in [5.74, 6) is 0. The predicted octanol–water partition coefficient (Wildman–Crippen LogP) is 3.43. The second-order valence-electron chi connectivity index (χ2n) is 4.26. The molecule has 0 spiro atoms. The Balaban J connectivity index is 0.00000225. The van der Waals surface area contributed by atoms with Crippen molar-refractivity contribution in [2.75, 3.05) is 6.61 Å². The number of hydrogen-bond acceptors (Lipinski definition) is 2. The summed E-state index contributed by atoms with van der Waals surface area (Å²) in [6.45, 7) is 3.73. The second kappa shape index (κ2) is 6.08. The molecule has 1 rings (SSSR count). The molecule has 0 saturated heterocycles. The summed E-state index contributed by atoms with van der Waals surface area (Å²) in [4.78, 5) is 0. The standard InChI is InChI=1S/C11H15Cl2NO.ClH/c1-11(2,6-15)10(14)9-7(12)4-3-5-8(9)13;/h3-5,10,15H,6,14H2,1-2H3;1H/t10-;/m0./s1. The monoisotopic (exact) mass is 283 g/mol. The Kier molecular flexibility index (Phi) is 6.09. The van der Waals surface area contributed by atoms with Crippen LogP contribution in [0.5, 0.6) is 0 Å². The highest BCUT2D eigenvalue weighted by Crippen LogP contribution is 2.38. The van der Waals surface area contributed by atoms with Crippen LogP contribution in [0.2, 0.25) is 10.0 Å². The second-order valence-corrected chi connectivity index (χ2v) is 5.07. The minimum atomic E-state index is -0.450. The van der Waals surface area contributed by atoms with Gasteiger partial charge >= 0.3 is 0 Å². The fourth-order valence-electron chi connectivity index (χ4n) is 1.30. The van der Waals surface area contributed by atoms with Crippen LogP contribution in [0.25, 0.3) is 0 Å². The third-order valence-corrected chi connectivity index (χ3v) is 3.22. The average molecular weight is 285 g/mol. The number of aliphatic hydroxyl groups is 1. The molecule has 2 nitrogen and oxygen atoms in total. The molecule has 0 radical (unpaired) electrons. The van der Waals surface area contributed by atoms with Gasteiger partial charge in [-0.25, -0.2) is 0 Å². The van der Waals surface area contributed by atoms with E-state index in [0.29, 0.717) is 15.6 Å². The van der Waals surface area contributed by atoms with Crippen LogP contribution in [0.1, 0.15) is 25.5 Å². The molecule has 0 aliphatic carbocycles. The Morgan fingerprint density at radius 1 is 1.31 bits per heavy atom. The van der Waals surface area contributed by atoms with E-state index in [2.05, 4.69) is 0 Å². The van der Waals surface area contributed by atoms with Crippen molar-refractivity contribution < 1.29 is 5.11 Å². The first-order chi connectivity index (χ1) is 6.90. The van der Waals surface area contributed by atoms with E-state index >= 15 is 0 Å². The zero-order chi connectivity index (χ0) is 11.6. The van der Waals surface area contributed by atoms with Crippen LogP contribution in [-0.2, 0) is 0 Å². The molecule has 1 atom stereocenters. The van der Waals surface area contributed by atoms with Crippen molar-refractivity contribution in [3.8, 4) is 0 Å². The van der Waals surface area contributed by atoms with Gasteiger partial charge in [0, 0.05) is 33.7 Å². The third-order valence-electron chi connectivity index (χ3n) is 2.56. The highest BCUT2D eigenvalue weighted by molar-refractivity contribution is 6.36. The summed E-state index contributed by atoms with van der Waals surface area (Å²) >= 11 is 12.1. The van der Waals surface area contributed by atoms with E-state index in [0.717, 1.165) is 0 Å². The van der Waals surface area contributed by atoms with Gasteiger partial charge in [0.05, 0.1) is 0 Å². The molecule has 0 fully saturated rings. The summed E-state index contributed by atoms with van der Waals surface area (Å²) < 4.78 is 0. The van der Waals surface area contributed by atoms with Gasteiger partial charge in [-0.05, 0) is 12.1 Å². The van der Waals surface area contributed by atoms with Crippen molar-refractivity contribution in [1.29, 1.82) is 0 Å². The maximum atomic E-state index is 9.24. The van der Waals surface area contributed by atoms with E-state index in [1.807, 2.05) is 13.8 Å². The van der Waals surface area contributed by atoms with Crippen LogP contribution in [0, 0.1) is 5.41 Å². The van der Waals surface area contributed by atoms with Crippen molar-refractivity contribution in [3.05, 3.63) is 33.8 Å². The Labute approximate surface area is 112 Å². The van der Waals surface area contributed by atoms with Gasteiger partial charge in [0.1, 0.15) is 0 Å². The topological polar surface area (TPSA) is 46.2 Å². The van der Waals surface area contributed by atoms with Crippen molar-refractivity contribution in [3.63, 3.8) is 0 Å². The first-order valence-electron chi connectivity index (χ1n) is 4.70. The van der Waals surface area contributed by atoms with E-state index in [1.165, 1.54) is 0 Å². The molecule has 16 heavy (non-hydrogen) atoms. The molecular weight excluding hydrogens is 268 g/mol. The normalized spacial score (nSPS) is 13.1. The van der Waals surface area contributed by atoms with Gasteiger partial charge in [0.15, 0.2) is 0 Å². The summed E-state index contributed by atoms with van der Waals surface area (Å²) in [5, 5.41) is 10.3. The molecule has 92 valence electrons. The lowest BCUT2D eigenvalue weighted by Crippen LogP contribution is -2.32. The molecule has 3 N–H and O–H groups in total. The van der Waals surface area contributed by atoms with Gasteiger partial charge in [0.2, 0.25) is 0 Å². The van der Waals surface area contributed by atoms with Crippen LogP contribution < -0.4 is 5.73 Å². The summed E-state index contributed by atoms with van der Waals surface area (Å²) in [6, 6.07) is 4.88. The molecule has 0 bridgehead atoms. The first-order valence-corrected chi connectivity index (χ1v) is 5.46. The maximum Gasteiger partial charge on any atom is 0.0500 e. The van der Waals surface area contributed by atoms with Crippen molar-refractivity contribution in [2.24, 2.45) is 11.1 Å². The van der Waals surface area contributed by atoms with E-state index in [-0.39, 0.29) is 25.1 Å². The number of nitrogens with two attached hydrogens (primary N) is 1. The minimum Gasteiger partial charge on any atom is -0.396 e. The minimum absolute atomic E-state index is 0. The van der Waals surface area contributed by atoms with Crippen molar-refractivity contribution >= 4 is 35.6 Å². The maximum absolute atomic E-state index is 9.24. The smallest absolute Gasteiger partial charge is 0.0500 e. The van der Waals surface area contributed by atoms with Crippen LogP contribution >= 0.6 is 35.6 Å². The number of hydrogen-bond donors (Lipinski definition) is 2. The first kappa shape index (κ1) is 16.0. The highest BCUT2D eigenvalue weighted by atomic mass is 35.5. The quantitative estimate of drug-likeness (QED) is 0.893. The van der Waals surface area contributed by atoms with Crippen LogP contribution in [0.3, 0.4) is 0 Å². The summed E-state index contributed by atoms with van der Waals surface area (Å²) in [6.07, 6.45) is 0. The Morgan fingerprint density at radius 3 is 2.12 bits per heavy atom. The van der Waals surface area contributed by atoms with Gasteiger partial charge in [0.25, 0.3) is 0 Å². The molecule has 0 amide bonds. The fraction of sp³-hybridized carbons (Fsp3) is 0.455. The van der Waals surface area contributed by atoms with Crippen LogP contribution in [0.4, 0.5) is 0 Å². The van der Waals surface area contributed by atoms with E-state index in [4.69, 9.17) is 28.9 Å². The molecule has 0 aromatic heterocycles. The van der Waals surface area contributed by atoms with Gasteiger partial charge < -0.3 is 10.8 Å². The van der Waals surface area contributed by atoms with Crippen molar-refractivity contribution in [1.82, 2.24) is 0 Å². The van der Waals surface area contributed by atoms with Crippen LogP contribution in [0.15, 0.2) is 18.2 Å².